The predicted octanol–water partition coefficient (Wildman–Crippen LogP) is 1.52. The van der Waals surface area contributed by atoms with Crippen LogP contribution in [-0.4, -0.2) is 36.1 Å². The van der Waals surface area contributed by atoms with Gasteiger partial charge in [-0.15, -0.1) is 0 Å². The highest BCUT2D eigenvalue weighted by molar-refractivity contribution is 5.31. The molecule has 0 aromatic heterocycles. The molecule has 0 aliphatic carbocycles. The molecule has 0 amide bonds. The first-order valence-corrected chi connectivity index (χ1v) is 6.33. The first-order chi connectivity index (χ1) is 8.59. The summed E-state index contributed by atoms with van der Waals surface area (Å²) in [5.74, 6) is 0.752. The molecule has 1 aromatic carbocycles. The Kier molecular flexibility index (Phi) is 6.72. The number of phenolic OH excluding ortho intramolecular Hbond substituents is 1. The fraction of sp³-hybridized carbons (Fsp3) is 0.571. The topological polar surface area (TPSA) is 61.7 Å². The van der Waals surface area contributed by atoms with E-state index in [-0.39, 0.29) is 5.75 Å². The van der Waals surface area contributed by atoms with Crippen molar-refractivity contribution < 1.29 is 14.9 Å². The molecule has 0 bridgehead atoms. The van der Waals surface area contributed by atoms with Crippen LogP contribution in [0.5, 0.6) is 5.75 Å². The number of hydrogen-bond acceptors (Lipinski definition) is 4. The van der Waals surface area contributed by atoms with E-state index in [2.05, 4.69) is 19.2 Å². The van der Waals surface area contributed by atoms with E-state index < -0.39 is 6.10 Å². The highest BCUT2D eigenvalue weighted by Gasteiger charge is 2.05. The van der Waals surface area contributed by atoms with E-state index in [4.69, 9.17) is 4.74 Å². The maximum atomic E-state index is 9.66. The molecule has 18 heavy (non-hydrogen) atoms. The van der Waals surface area contributed by atoms with E-state index in [0.29, 0.717) is 32.2 Å². The van der Waals surface area contributed by atoms with Gasteiger partial charge < -0.3 is 20.3 Å². The minimum Gasteiger partial charge on any atom is -0.508 e. The molecule has 0 aliphatic heterocycles. The standard InChI is InChI=1S/C14H23NO3/c1-11(2)9-18-10-13(16)8-15-7-12-5-3-4-6-14(12)17/h3-6,11,13,15-17H,7-10H2,1-2H3. The molecule has 1 rings (SSSR count). The minimum absolute atomic E-state index is 0.274. The smallest absolute Gasteiger partial charge is 0.120 e. The highest BCUT2D eigenvalue weighted by Crippen LogP contribution is 2.14. The molecule has 1 aromatic rings. The van der Waals surface area contributed by atoms with Gasteiger partial charge in [-0.05, 0) is 12.0 Å². The van der Waals surface area contributed by atoms with Gasteiger partial charge in [0, 0.05) is 25.3 Å². The van der Waals surface area contributed by atoms with E-state index in [1.165, 1.54) is 0 Å². The normalized spacial score (nSPS) is 12.9. The van der Waals surface area contributed by atoms with E-state index in [0.717, 1.165) is 5.56 Å². The van der Waals surface area contributed by atoms with Gasteiger partial charge in [-0.25, -0.2) is 0 Å². The summed E-state index contributed by atoms with van der Waals surface area (Å²) in [6.45, 7) is 6.13. The molecule has 102 valence electrons. The molecule has 0 aliphatic rings. The highest BCUT2D eigenvalue weighted by atomic mass is 16.5. The summed E-state index contributed by atoms with van der Waals surface area (Å²) in [5.41, 5.74) is 0.827. The van der Waals surface area contributed by atoms with Gasteiger partial charge in [0.15, 0.2) is 0 Å². The van der Waals surface area contributed by atoms with Crippen molar-refractivity contribution in [3.63, 3.8) is 0 Å². The van der Waals surface area contributed by atoms with Crippen LogP contribution in [0.3, 0.4) is 0 Å². The lowest BCUT2D eigenvalue weighted by molar-refractivity contribution is 0.0260. The third-order valence-corrected chi connectivity index (χ3v) is 2.45. The van der Waals surface area contributed by atoms with Crippen molar-refractivity contribution in [3.8, 4) is 5.75 Å². The number of nitrogens with one attached hydrogen (secondary N) is 1. The molecule has 0 saturated heterocycles. The summed E-state index contributed by atoms with van der Waals surface area (Å²) >= 11 is 0. The Hall–Kier alpha value is -1.10. The van der Waals surface area contributed by atoms with E-state index in [9.17, 15) is 10.2 Å². The number of ether oxygens (including phenoxy) is 1. The van der Waals surface area contributed by atoms with Crippen molar-refractivity contribution in [2.75, 3.05) is 19.8 Å². The van der Waals surface area contributed by atoms with Crippen LogP contribution in [0.2, 0.25) is 0 Å². The van der Waals surface area contributed by atoms with Crippen molar-refractivity contribution in [2.24, 2.45) is 5.92 Å². The van der Waals surface area contributed by atoms with Crippen LogP contribution in [-0.2, 0) is 11.3 Å². The number of aliphatic hydroxyl groups is 1. The Morgan fingerprint density at radius 1 is 1.22 bits per heavy atom. The summed E-state index contributed by atoms with van der Waals surface area (Å²) in [5, 5.41) is 22.3. The second-order valence-corrected chi connectivity index (χ2v) is 4.84. The van der Waals surface area contributed by atoms with Crippen LogP contribution in [0.15, 0.2) is 24.3 Å². The van der Waals surface area contributed by atoms with E-state index >= 15 is 0 Å². The lowest BCUT2D eigenvalue weighted by Crippen LogP contribution is -2.30. The number of hydrogen-bond donors (Lipinski definition) is 3. The number of aliphatic hydroxyl groups excluding tert-OH is 1. The zero-order valence-corrected chi connectivity index (χ0v) is 11.1. The molecule has 1 atom stereocenters. The average Bonchev–Trinajstić information content (AvgIpc) is 2.31. The lowest BCUT2D eigenvalue weighted by Gasteiger charge is -2.13. The molecule has 1 unspecified atom stereocenters. The van der Waals surface area contributed by atoms with Gasteiger partial charge in [0.25, 0.3) is 0 Å². The Balaban J connectivity index is 2.15. The molecular weight excluding hydrogens is 230 g/mol. The van der Waals surface area contributed by atoms with Gasteiger partial charge >= 0.3 is 0 Å². The number of rotatable bonds is 8. The molecule has 0 spiro atoms. The van der Waals surface area contributed by atoms with E-state index in [1.54, 1.807) is 12.1 Å². The lowest BCUT2D eigenvalue weighted by atomic mass is 10.2. The van der Waals surface area contributed by atoms with Crippen molar-refractivity contribution in [3.05, 3.63) is 29.8 Å². The van der Waals surface area contributed by atoms with Crippen LogP contribution in [0.4, 0.5) is 0 Å². The Morgan fingerprint density at radius 2 is 1.94 bits per heavy atom. The molecule has 4 heteroatoms. The van der Waals surface area contributed by atoms with Crippen molar-refractivity contribution >= 4 is 0 Å². The molecule has 0 heterocycles. The fourth-order valence-electron chi connectivity index (χ4n) is 1.53. The van der Waals surface area contributed by atoms with Crippen molar-refractivity contribution in [2.45, 2.75) is 26.5 Å². The van der Waals surface area contributed by atoms with Crippen LogP contribution in [0.1, 0.15) is 19.4 Å². The first-order valence-electron chi connectivity index (χ1n) is 6.33. The molecule has 0 saturated carbocycles. The first kappa shape index (κ1) is 15.0. The average molecular weight is 253 g/mol. The van der Waals surface area contributed by atoms with Crippen LogP contribution in [0, 0.1) is 5.92 Å². The number of benzene rings is 1. The third kappa shape index (κ3) is 6.00. The Labute approximate surface area is 109 Å². The number of para-hydroxylation sites is 1. The second kappa shape index (κ2) is 8.08. The number of aromatic hydroxyl groups is 1. The quantitative estimate of drug-likeness (QED) is 0.657. The van der Waals surface area contributed by atoms with Crippen molar-refractivity contribution in [1.29, 1.82) is 0 Å². The number of phenols is 1. The largest absolute Gasteiger partial charge is 0.508 e. The summed E-state index contributed by atoms with van der Waals surface area (Å²) in [7, 11) is 0. The van der Waals surface area contributed by atoms with Gasteiger partial charge in [-0.3, -0.25) is 0 Å². The Morgan fingerprint density at radius 3 is 2.61 bits per heavy atom. The molecule has 3 N–H and O–H groups in total. The van der Waals surface area contributed by atoms with Gasteiger partial charge in [0.05, 0.1) is 12.7 Å². The zero-order chi connectivity index (χ0) is 13.4. The van der Waals surface area contributed by atoms with Crippen LogP contribution >= 0.6 is 0 Å². The minimum atomic E-state index is -0.519. The fourth-order valence-corrected chi connectivity index (χ4v) is 1.53. The molecule has 0 fully saturated rings. The summed E-state index contributed by atoms with van der Waals surface area (Å²) in [6, 6.07) is 7.16. The monoisotopic (exact) mass is 253 g/mol. The molecular formula is C14H23NO3. The zero-order valence-electron chi connectivity index (χ0n) is 11.1. The van der Waals surface area contributed by atoms with Gasteiger partial charge in [-0.1, -0.05) is 32.0 Å². The maximum Gasteiger partial charge on any atom is 0.120 e. The van der Waals surface area contributed by atoms with Crippen LogP contribution in [0.25, 0.3) is 0 Å². The molecule has 0 radical (unpaired) electrons. The summed E-state index contributed by atoms with van der Waals surface area (Å²) < 4.78 is 5.34. The van der Waals surface area contributed by atoms with E-state index in [1.807, 2.05) is 12.1 Å². The summed E-state index contributed by atoms with van der Waals surface area (Å²) in [6.07, 6.45) is -0.519. The third-order valence-electron chi connectivity index (χ3n) is 2.45. The molecule has 4 nitrogen and oxygen atoms in total. The van der Waals surface area contributed by atoms with Crippen LogP contribution < -0.4 is 5.32 Å². The second-order valence-electron chi connectivity index (χ2n) is 4.84. The van der Waals surface area contributed by atoms with Gasteiger partial charge in [0.1, 0.15) is 5.75 Å². The maximum absolute atomic E-state index is 9.66. The van der Waals surface area contributed by atoms with Crippen molar-refractivity contribution in [1.82, 2.24) is 5.32 Å². The van der Waals surface area contributed by atoms with Gasteiger partial charge in [-0.2, -0.15) is 0 Å². The summed E-state index contributed by atoms with van der Waals surface area (Å²) in [4.78, 5) is 0. The van der Waals surface area contributed by atoms with Gasteiger partial charge in [0.2, 0.25) is 0 Å². The predicted molar refractivity (Wildman–Crippen MR) is 71.5 cm³/mol. The SMILES string of the molecule is CC(C)COCC(O)CNCc1ccccc1O. The Bertz CT molecular complexity index is 342.